The third kappa shape index (κ3) is 10.9. The predicted octanol–water partition coefficient (Wildman–Crippen LogP) is 3.17. The molecule has 3 N–H and O–H groups in total. The average Bonchev–Trinajstić information content (AvgIpc) is 2.78. The van der Waals surface area contributed by atoms with Gasteiger partial charge < -0.3 is 25.2 Å². The van der Waals surface area contributed by atoms with Crippen LogP contribution in [0.15, 0.2) is 30.3 Å². The molecule has 0 radical (unpaired) electrons. The van der Waals surface area contributed by atoms with Crippen LogP contribution in [-0.4, -0.2) is 48.4 Å². The van der Waals surface area contributed by atoms with Crippen molar-refractivity contribution in [2.24, 2.45) is 5.92 Å². The Kier molecular flexibility index (Phi) is 11.8. The Morgan fingerprint density at radius 1 is 0.939 bits per heavy atom. The van der Waals surface area contributed by atoms with Gasteiger partial charge in [0.1, 0.15) is 6.04 Å². The van der Waals surface area contributed by atoms with Crippen LogP contribution in [0, 0.1) is 5.92 Å². The Labute approximate surface area is 194 Å². The summed E-state index contributed by atoms with van der Waals surface area (Å²) in [7, 11) is 0. The number of amides is 2. The third-order valence-electron chi connectivity index (χ3n) is 5.57. The zero-order valence-electron chi connectivity index (χ0n) is 18.9. The van der Waals surface area contributed by atoms with Gasteiger partial charge in [0, 0.05) is 18.9 Å². The lowest BCUT2D eigenvalue weighted by molar-refractivity contribution is -0.156. The van der Waals surface area contributed by atoms with Crippen LogP contribution in [0.2, 0.25) is 0 Å². The zero-order valence-corrected chi connectivity index (χ0v) is 18.9. The Morgan fingerprint density at radius 2 is 1.61 bits per heavy atom. The summed E-state index contributed by atoms with van der Waals surface area (Å²) in [6.07, 6.45) is 6.15. The summed E-state index contributed by atoms with van der Waals surface area (Å²) >= 11 is 0. The van der Waals surface area contributed by atoms with Crippen molar-refractivity contribution >= 4 is 23.9 Å². The monoisotopic (exact) mass is 462 g/mol. The summed E-state index contributed by atoms with van der Waals surface area (Å²) in [6, 6.07) is 8.05. The van der Waals surface area contributed by atoms with Crippen LogP contribution in [0.1, 0.15) is 63.4 Å². The van der Waals surface area contributed by atoms with Gasteiger partial charge in [0.05, 0.1) is 6.42 Å². The summed E-state index contributed by atoms with van der Waals surface area (Å²) in [4.78, 5) is 48.6. The molecule has 1 aliphatic heterocycles. The number of carbonyl (C=O) groups is 4. The maximum atomic E-state index is 12.9. The molecule has 182 valence electrons. The molecule has 2 amide bonds. The van der Waals surface area contributed by atoms with Crippen molar-refractivity contribution < 1.29 is 33.8 Å². The highest BCUT2D eigenvalue weighted by atomic mass is 16.7. The van der Waals surface area contributed by atoms with Gasteiger partial charge in [0.2, 0.25) is 12.7 Å². The molecular formula is C24H34N2O7. The van der Waals surface area contributed by atoms with Gasteiger partial charge in [-0.1, -0.05) is 68.9 Å². The number of carboxylic acid groups (broad SMARTS) is 1. The number of hydrogen-bond acceptors (Lipinski definition) is 6. The molecule has 1 fully saturated rings. The second-order valence-electron chi connectivity index (χ2n) is 8.25. The van der Waals surface area contributed by atoms with E-state index in [2.05, 4.69) is 10.6 Å². The van der Waals surface area contributed by atoms with Crippen LogP contribution in [0.4, 0.5) is 4.79 Å². The number of esters is 1. The number of ether oxygens (including phenoxy) is 2. The van der Waals surface area contributed by atoms with E-state index in [0.29, 0.717) is 13.0 Å². The molecule has 9 heteroatoms. The highest BCUT2D eigenvalue weighted by Crippen LogP contribution is 2.17. The first kappa shape index (κ1) is 26.2. The first-order valence-electron chi connectivity index (χ1n) is 11.6. The molecule has 0 saturated carbocycles. The number of rotatable bonds is 4. The van der Waals surface area contributed by atoms with Gasteiger partial charge in [-0.3, -0.25) is 9.59 Å². The molecule has 1 aromatic rings. The molecule has 0 bridgehead atoms. The highest BCUT2D eigenvalue weighted by molar-refractivity contribution is 5.88. The standard InChI is InChI=1S/C24H34N2O7/c27-21(28)16-19-13-9-4-2-1-3-5-10-14-25-24(31)33-17-32-23(30)20(26-22(19)29)15-18-11-7-6-8-12-18/h6-8,11-12,19-20H,1-5,9-10,13-17H2,(H,25,31)(H,26,29)(H,27,28). The Hall–Kier alpha value is -3.10. The van der Waals surface area contributed by atoms with E-state index < -0.39 is 42.7 Å². The third-order valence-corrected chi connectivity index (χ3v) is 5.57. The average molecular weight is 463 g/mol. The minimum Gasteiger partial charge on any atom is -0.481 e. The van der Waals surface area contributed by atoms with Gasteiger partial charge in [-0.15, -0.1) is 0 Å². The molecule has 2 unspecified atom stereocenters. The summed E-state index contributed by atoms with van der Waals surface area (Å²) < 4.78 is 9.97. The van der Waals surface area contributed by atoms with Gasteiger partial charge in [-0.05, 0) is 18.4 Å². The van der Waals surface area contributed by atoms with Crippen molar-refractivity contribution in [1.29, 1.82) is 0 Å². The smallest absolute Gasteiger partial charge is 0.410 e. The van der Waals surface area contributed by atoms with E-state index in [1.54, 1.807) is 0 Å². The molecule has 1 saturated heterocycles. The lowest BCUT2D eigenvalue weighted by Gasteiger charge is -2.21. The van der Waals surface area contributed by atoms with Crippen molar-refractivity contribution in [3.63, 3.8) is 0 Å². The van der Waals surface area contributed by atoms with Crippen LogP contribution in [0.3, 0.4) is 0 Å². The van der Waals surface area contributed by atoms with E-state index in [4.69, 9.17) is 9.47 Å². The van der Waals surface area contributed by atoms with E-state index >= 15 is 0 Å². The van der Waals surface area contributed by atoms with Gasteiger partial charge in [-0.2, -0.15) is 0 Å². The Morgan fingerprint density at radius 3 is 2.30 bits per heavy atom. The van der Waals surface area contributed by atoms with Crippen LogP contribution >= 0.6 is 0 Å². The molecule has 0 aliphatic carbocycles. The van der Waals surface area contributed by atoms with Crippen LogP contribution < -0.4 is 10.6 Å². The van der Waals surface area contributed by atoms with E-state index in [9.17, 15) is 24.3 Å². The molecule has 9 nitrogen and oxygen atoms in total. The fourth-order valence-corrected chi connectivity index (χ4v) is 3.75. The second kappa shape index (κ2) is 14.9. The quantitative estimate of drug-likeness (QED) is 0.586. The summed E-state index contributed by atoms with van der Waals surface area (Å²) in [5.74, 6) is -3.05. The van der Waals surface area contributed by atoms with Crippen molar-refractivity contribution in [3.8, 4) is 0 Å². The van der Waals surface area contributed by atoms with Crippen molar-refractivity contribution in [2.75, 3.05) is 13.3 Å². The molecule has 0 spiro atoms. The topological polar surface area (TPSA) is 131 Å². The fourth-order valence-electron chi connectivity index (χ4n) is 3.75. The van der Waals surface area contributed by atoms with E-state index in [1.165, 1.54) is 0 Å². The van der Waals surface area contributed by atoms with E-state index in [-0.39, 0.29) is 12.8 Å². The number of nitrogens with one attached hydrogen (secondary N) is 2. The fraction of sp³-hybridized carbons (Fsp3) is 0.583. The number of carboxylic acids is 1. The Bertz CT molecular complexity index is 769. The lowest BCUT2D eigenvalue weighted by Crippen LogP contribution is -2.46. The molecule has 1 aromatic carbocycles. The largest absolute Gasteiger partial charge is 0.481 e. The zero-order chi connectivity index (χ0) is 23.9. The van der Waals surface area contributed by atoms with Crippen molar-refractivity contribution in [2.45, 2.75) is 70.3 Å². The second-order valence-corrected chi connectivity index (χ2v) is 8.25. The van der Waals surface area contributed by atoms with Crippen molar-refractivity contribution in [3.05, 3.63) is 35.9 Å². The molecule has 1 aliphatic rings. The number of cyclic esters (lactones) is 2. The minimum atomic E-state index is -1.06. The molecular weight excluding hydrogens is 428 g/mol. The maximum Gasteiger partial charge on any atom is 0.410 e. The molecule has 2 rings (SSSR count). The molecule has 2 atom stereocenters. The summed E-state index contributed by atoms with van der Waals surface area (Å²) in [5.41, 5.74) is 0.798. The highest BCUT2D eigenvalue weighted by Gasteiger charge is 2.28. The number of hydrogen-bond donors (Lipinski definition) is 3. The van der Waals surface area contributed by atoms with Crippen LogP contribution in [-0.2, 0) is 30.3 Å². The minimum absolute atomic E-state index is 0.164. The SMILES string of the molecule is O=C(O)CC1CCCCCCCCCNC(=O)OCOC(=O)C(Cc2ccccc2)NC1=O. The van der Waals surface area contributed by atoms with E-state index in [0.717, 1.165) is 50.5 Å². The lowest BCUT2D eigenvalue weighted by atomic mass is 9.95. The number of carbonyl (C=O) groups excluding carboxylic acids is 3. The van der Waals surface area contributed by atoms with Gasteiger partial charge in [0.25, 0.3) is 0 Å². The normalized spacial score (nSPS) is 22.4. The summed E-state index contributed by atoms with van der Waals surface area (Å²) in [6.45, 7) is -0.0965. The molecule has 0 aromatic heterocycles. The molecule has 33 heavy (non-hydrogen) atoms. The summed E-state index contributed by atoms with van der Waals surface area (Å²) in [5, 5.41) is 14.5. The van der Waals surface area contributed by atoms with E-state index in [1.807, 2.05) is 30.3 Å². The number of aliphatic carboxylic acids is 1. The first-order valence-corrected chi connectivity index (χ1v) is 11.6. The first-order chi connectivity index (χ1) is 16.0. The van der Waals surface area contributed by atoms with Gasteiger partial charge >= 0.3 is 18.0 Å². The van der Waals surface area contributed by atoms with Crippen molar-refractivity contribution in [1.82, 2.24) is 10.6 Å². The predicted molar refractivity (Wildman–Crippen MR) is 120 cm³/mol. The number of benzene rings is 1. The van der Waals surface area contributed by atoms with Crippen LogP contribution in [0.5, 0.6) is 0 Å². The molecule has 1 heterocycles. The number of alkyl carbamates (subject to hydrolysis) is 1. The maximum absolute atomic E-state index is 12.9. The van der Waals surface area contributed by atoms with Gasteiger partial charge in [-0.25, -0.2) is 9.59 Å². The Balaban J connectivity index is 2.10. The van der Waals surface area contributed by atoms with Gasteiger partial charge in [0.15, 0.2) is 0 Å². The van der Waals surface area contributed by atoms with Crippen LogP contribution in [0.25, 0.3) is 0 Å².